The van der Waals surface area contributed by atoms with Gasteiger partial charge in [-0.1, -0.05) is 0 Å². The molecule has 3 rings (SSSR count). The number of aromatic nitrogens is 3. The summed E-state index contributed by atoms with van der Waals surface area (Å²) in [5.74, 6) is 1.01. The zero-order chi connectivity index (χ0) is 18.5. The maximum absolute atomic E-state index is 11.4. The van der Waals surface area contributed by atoms with Crippen LogP contribution in [0, 0.1) is 0 Å². The van der Waals surface area contributed by atoms with E-state index in [0.717, 1.165) is 11.8 Å². The number of benzene rings is 1. The third-order valence-corrected chi connectivity index (χ3v) is 4.20. The third-order valence-electron chi connectivity index (χ3n) is 3.32. The number of thioether (sulfide) groups is 1. The van der Waals surface area contributed by atoms with Crippen molar-refractivity contribution >= 4 is 23.8 Å². The molecule has 2 aromatic heterocycles. The number of aliphatic carboxylic acids is 1. The van der Waals surface area contributed by atoms with Crippen molar-refractivity contribution < 1.29 is 23.8 Å². The maximum Gasteiger partial charge on any atom is 0.342 e. The molecule has 0 atom stereocenters. The highest BCUT2D eigenvalue weighted by atomic mass is 32.2. The number of nitrogens with one attached hydrogen (secondary N) is 1. The fourth-order valence-electron chi connectivity index (χ4n) is 2.10. The third kappa shape index (κ3) is 4.06. The molecule has 0 radical (unpaired) electrons. The smallest absolute Gasteiger partial charge is 0.342 e. The lowest BCUT2D eigenvalue weighted by atomic mass is 10.2. The molecule has 8 nitrogen and oxygen atoms in total. The van der Waals surface area contributed by atoms with E-state index in [1.807, 2.05) is 0 Å². The highest BCUT2D eigenvalue weighted by Gasteiger charge is 2.15. The molecular formula is C17H15N3O5S. The summed E-state index contributed by atoms with van der Waals surface area (Å²) >= 11 is 0.916. The van der Waals surface area contributed by atoms with Crippen LogP contribution in [-0.2, 0) is 4.79 Å². The van der Waals surface area contributed by atoms with E-state index in [9.17, 15) is 9.90 Å². The zero-order valence-electron chi connectivity index (χ0n) is 13.9. The van der Waals surface area contributed by atoms with E-state index in [0.29, 0.717) is 28.6 Å². The van der Waals surface area contributed by atoms with Gasteiger partial charge in [-0.25, -0.2) is 9.78 Å². The molecule has 26 heavy (non-hydrogen) atoms. The number of methoxy groups -OCH3 is 2. The Labute approximate surface area is 152 Å². The van der Waals surface area contributed by atoms with E-state index in [2.05, 4.69) is 15.2 Å². The second-order valence-corrected chi connectivity index (χ2v) is 6.01. The molecule has 0 saturated heterocycles. The molecule has 0 aliphatic carbocycles. The molecule has 3 aromatic rings. The first-order valence-electron chi connectivity index (χ1n) is 7.41. The number of carbonyl (C=O) groups is 1. The first-order valence-corrected chi connectivity index (χ1v) is 8.23. The second-order valence-electron chi connectivity index (χ2n) is 5.00. The monoisotopic (exact) mass is 373 g/mol. The summed E-state index contributed by atoms with van der Waals surface area (Å²) in [4.78, 5) is 15.8. The van der Waals surface area contributed by atoms with E-state index in [4.69, 9.17) is 13.9 Å². The number of nitrogens with zero attached hydrogens (tertiary/aromatic N) is 2. The molecule has 9 heteroatoms. The van der Waals surface area contributed by atoms with Gasteiger partial charge in [-0.3, -0.25) is 5.10 Å². The van der Waals surface area contributed by atoms with Crippen molar-refractivity contribution in [3.05, 3.63) is 47.3 Å². The van der Waals surface area contributed by atoms with Gasteiger partial charge in [0, 0.05) is 17.7 Å². The van der Waals surface area contributed by atoms with Crippen molar-refractivity contribution in [1.82, 2.24) is 15.2 Å². The number of carboxylic acids is 1. The molecule has 1 aromatic carbocycles. The van der Waals surface area contributed by atoms with Gasteiger partial charge in [-0.2, -0.15) is 0 Å². The SMILES string of the molecule is COc1cc(OC)cc(-c2nc(S/C(=C\c3ccco3)C(=O)O)n[nH]2)c1. The quantitative estimate of drug-likeness (QED) is 0.479. The number of H-pyrrole nitrogens is 1. The Hall–Kier alpha value is -3.20. The normalized spacial score (nSPS) is 11.4. The largest absolute Gasteiger partial charge is 0.497 e. The van der Waals surface area contributed by atoms with Gasteiger partial charge < -0.3 is 19.0 Å². The first kappa shape index (κ1) is 17.6. The van der Waals surface area contributed by atoms with E-state index in [1.165, 1.54) is 12.3 Å². The Kier molecular flexibility index (Phi) is 5.28. The van der Waals surface area contributed by atoms with Crippen LogP contribution >= 0.6 is 11.8 Å². The highest BCUT2D eigenvalue weighted by Crippen LogP contribution is 2.30. The average molecular weight is 373 g/mol. The van der Waals surface area contributed by atoms with Crippen molar-refractivity contribution in [3.63, 3.8) is 0 Å². The number of hydrogen-bond acceptors (Lipinski definition) is 7. The molecule has 0 amide bonds. The lowest BCUT2D eigenvalue weighted by Crippen LogP contribution is -1.97. The summed E-state index contributed by atoms with van der Waals surface area (Å²) < 4.78 is 15.6. The molecule has 0 aliphatic rings. The van der Waals surface area contributed by atoms with Crippen molar-refractivity contribution in [2.75, 3.05) is 14.2 Å². The minimum absolute atomic E-state index is 0.0359. The Morgan fingerprint density at radius 1 is 1.27 bits per heavy atom. The molecular weight excluding hydrogens is 358 g/mol. The van der Waals surface area contributed by atoms with Crippen LogP contribution in [0.15, 0.2) is 51.1 Å². The summed E-state index contributed by atoms with van der Waals surface area (Å²) in [6, 6.07) is 8.62. The van der Waals surface area contributed by atoms with Crippen LogP contribution in [0.4, 0.5) is 0 Å². The summed E-state index contributed by atoms with van der Waals surface area (Å²) in [5, 5.41) is 16.5. The molecule has 2 N–H and O–H groups in total. The number of furan rings is 1. The van der Waals surface area contributed by atoms with Crippen LogP contribution in [0.1, 0.15) is 5.76 Å². The average Bonchev–Trinajstić information content (AvgIpc) is 3.32. The van der Waals surface area contributed by atoms with Gasteiger partial charge in [0.25, 0.3) is 0 Å². The van der Waals surface area contributed by atoms with Gasteiger partial charge in [0.05, 0.1) is 20.5 Å². The first-order chi connectivity index (χ1) is 12.6. The highest BCUT2D eigenvalue weighted by molar-refractivity contribution is 8.04. The molecule has 0 aliphatic heterocycles. The Balaban J connectivity index is 1.86. The number of hydrogen-bond donors (Lipinski definition) is 2. The molecule has 0 spiro atoms. The second kappa shape index (κ2) is 7.79. The molecule has 0 bridgehead atoms. The summed E-state index contributed by atoms with van der Waals surface area (Å²) in [7, 11) is 3.11. The van der Waals surface area contributed by atoms with Crippen LogP contribution in [0.5, 0.6) is 11.5 Å². The fraction of sp³-hybridized carbons (Fsp3) is 0.118. The summed E-state index contributed by atoms with van der Waals surface area (Å²) in [6.07, 6.45) is 2.88. The lowest BCUT2D eigenvalue weighted by molar-refractivity contribution is -0.131. The Morgan fingerprint density at radius 2 is 2.00 bits per heavy atom. The maximum atomic E-state index is 11.4. The van der Waals surface area contributed by atoms with Crippen molar-refractivity contribution in [2.24, 2.45) is 0 Å². The van der Waals surface area contributed by atoms with E-state index in [-0.39, 0.29) is 10.1 Å². The van der Waals surface area contributed by atoms with Crippen molar-refractivity contribution in [3.8, 4) is 22.9 Å². The number of ether oxygens (including phenoxy) is 2. The van der Waals surface area contributed by atoms with E-state index in [1.54, 1.807) is 44.6 Å². The van der Waals surface area contributed by atoms with E-state index >= 15 is 0 Å². The zero-order valence-corrected chi connectivity index (χ0v) is 14.7. The number of rotatable bonds is 7. The van der Waals surface area contributed by atoms with Crippen LogP contribution < -0.4 is 9.47 Å². The Morgan fingerprint density at radius 3 is 2.58 bits per heavy atom. The standard InChI is InChI=1S/C17H15N3O5S/c1-23-12-6-10(7-13(8-12)24-2)15-18-17(20-19-15)26-14(16(21)22)9-11-4-3-5-25-11/h3-9H,1-2H3,(H,21,22)(H,18,19,20)/b14-9-. The fourth-order valence-corrected chi connectivity index (χ4v) is 2.79. The van der Waals surface area contributed by atoms with Gasteiger partial charge in [-0.15, -0.1) is 5.10 Å². The predicted octanol–water partition coefficient (Wildman–Crippen LogP) is 3.30. The van der Waals surface area contributed by atoms with Gasteiger partial charge in [0.2, 0.25) is 5.16 Å². The molecule has 0 fully saturated rings. The lowest BCUT2D eigenvalue weighted by Gasteiger charge is -2.06. The van der Waals surface area contributed by atoms with Crippen LogP contribution in [0.25, 0.3) is 17.5 Å². The van der Waals surface area contributed by atoms with Crippen LogP contribution in [0.2, 0.25) is 0 Å². The topological polar surface area (TPSA) is 110 Å². The van der Waals surface area contributed by atoms with E-state index < -0.39 is 5.97 Å². The number of aromatic amines is 1. The van der Waals surface area contributed by atoms with Gasteiger partial charge >= 0.3 is 5.97 Å². The number of carboxylic acid groups (broad SMARTS) is 1. The van der Waals surface area contributed by atoms with Gasteiger partial charge in [0.15, 0.2) is 5.82 Å². The minimum Gasteiger partial charge on any atom is -0.497 e. The van der Waals surface area contributed by atoms with Crippen LogP contribution in [-0.4, -0.2) is 40.5 Å². The summed E-state index contributed by atoms with van der Waals surface area (Å²) in [5.41, 5.74) is 0.701. The molecule has 2 heterocycles. The molecule has 0 unspecified atom stereocenters. The summed E-state index contributed by atoms with van der Waals surface area (Å²) in [6.45, 7) is 0. The minimum atomic E-state index is -1.10. The molecule has 0 saturated carbocycles. The van der Waals surface area contributed by atoms with Crippen molar-refractivity contribution in [1.29, 1.82) is 0 Å². The Bertz CT molecular complexity index is 912. The van der Waals surface area contributed by atoms with Crippen LogP contribution in [0.3, 0.4) is 0 Å². The van der Waals surface area contributed by atoms with Crippen molar-refractivity contribution in [2.45, 2.75) is 5.16 Å². The van der Waals surface area contributed by atoms with Gasteiger partial charge in [-0.05, 0) is 36.0 Å². The van der Waals surface area contributed by atoms with Gasteiger partial charge in [0.1, 0.15) is 22.2 Å². The predicted molar refractivity (Wildman–Crippen MR) is 95.1 cm³/mol. The molecule has 134 valence electrons.